The number of aromatic nitrogens is 2. The number of nitrogen functional groups attached to an aromatic ring is 1. The molecule has 5 heteroatoms. The lowest BCUT2D eigenvalue weighted by molar-refractivity contribution is 1.06. The lowest BCUT2D eigenvalue weighted by Gasteiger charge is -1.93. The van der Waals surface area contributed by atoms with Crippen molar-refractivity contribution in [2.24, 2.45) is 5.84 Å². The lowest BCUT2D eigenvalue weighted by atomic mass is 10.6. The van der Waals surface area contributed by atoms with Crippen LogP contribution in [-0.2, 0) is 0 Å². The smallest absolute Gasteiger partial charge is 0.310 e. The van der Waals surface area contributed by atoms with Gasteiger partial charge in [0.1, 0.15) is 5.82 Å². The van der Waals surface area contributed by atoms with E-state index in [1.165, 1.54) is 6.20 Å². The molecule has 0 amide bonds. The number of hydrazine groups is 1. The van der Waals surface area contributed by atoms with Crippen LogP contribution in [0.2, 0.25) is 0 Å². The summed E-state index contributed by atoms with van der Waals surface area (Å²) in [5, 5.41) is 0. The highest BCUT2D eigenvalue weighted by Crippen LogP contribution is 1.89. The van der Waals surface area contributed by atoms with Crippen molar-refractivity contribution in [2.45, 2.75) is 13.8 Å². The highest BCUT2D eigenvalue weighted by molar-refractivity contribution is 5.28. The van der Waals surface area contributed by atoms with E-state index in [4.69, 9.17) is 5.84 Å². The molecule has 0 saturated carbocycles. The van der Waals surface area contributed by atoms with E-state index >= 15 is 0 Å². The van der Waals surface area contributed by atoms with Crippen LogP contribution in [0.4, 0.5) is 5.82 Å². The van der Waals surface area contributed by atoms with Crippen LogP contribution in [0.3, 0.4) is 0 Å². The van der Waals surface area contributed by atoms with Crippen LogP contribution in [0.5, 0.6) is 0 Å². The molecule has 0 fully saturated rings. The SMILES string of the molecule is CC.NNc1ccnc(=O)[nH]1. The fourth-order valence-corrected chi connectivity index (χ4v) is 0.453. The lowest BCUT2D eigenvalue weighted by Crippen LogP contribution is -2.15. The summed E-state index contributed by atoms with van der Waals surface area (Å²) in [5.41, 5.74) is 1.86. The summed E-state index contributed by atoms with van der Waals surface area (Å²) < 4.78 is 0. The van der Waals surface area contributed by atoms with Gasteiger partial charge in [-0.1, -0.05) is 13.8 Å². The van der Waals surface area contributed by atoms with E-state index in [0.717, 1.165) is 0 Å². The molecule has 11 heavy (non-hydrogen) atoms. The van der Waals surface area contributed by atoms with Crippen molar-refractivity contribution in [1.82, 2.24) is 9.97 Å². The Bertz CT molecular complexity index is 244. The van der Waals surface area contributed by atoms with Crippen LogP contribution in [0, 0.1) is 0 Å². The van der Waals surface area contributed by atoms with Crippen molar-refractivity contribution in [3.05, 3.63) is 22.7 Å². The molecule has 0 spiro atoms. The monoisotopic (exact) mass is 156 g/mol. The third-order valence-electron chi connectivity index (χ3n) is 0.830. The van der Waals surface area contributed by atoms with E-state index in [-0.39, 0.29) is 0 Å². The minimum Gasteiger partial charge on any atom is -0.310 e. The van der Waals surface area contributed by atoms with Gasteiger partial charge in [0.25, 0.3) is 0 Å². The highest BCUT2D eigenvalue weighted by atomic mass is 16.1. The maximum absolute atomic E-state index is 10.4. The first-order chi connectivity index (χ1) is 5.33. The second-order valence-electron chi connectivity index (χ2n) is 1.43. The molecular formula is C6H12N4O. The maximum atomic E-state index is 10.4. The summed E-state index contributed by atoms with van der Waals surface area (Å²) in [6, 6.07) is 1.56. The van der Waals surface area contributed by atoms with Crippen molar-refractivity contribution in [2.75, 3.05) is 5.43 Å². The molecule has 0 aliphatic carbocycles. The molecule has 0 atom stereocenters. The fourth-order valence-electron chi connectivity index (χ4n) is 0.453. The summed E-state index contributed by atoms with van der Waals surface area (Å²) in [7, 11) is 0. The molecule has 5 nitrogen and oxygen atoms in total. The van der Waals surface area contributed by atoms with Crippen molar-refractivity contribution >= 4 is 5.82 Å². The largest absolute Gasteiger partial charge is 0.346 e. The van der Waals surface area contributed by atoms with Gasteiger partial charge in [0.05, 0.1) is 0 Å². The molecule has 0 saturated heterocycles. The van der Waals surface area contributed by atoms with E-state index < -0.39 is 5.69 Å². The van der Waals surface area contributed by atoms with Gasteiger partial charge in [0.15, 0.2) is 0 Å². The van der Waals surface area contributed by atoms with Crippen molar-refractivity contribution in [3.63, 3.8) is 0 Å². The first-order valence-electron chi connectivity index (χ1n) is 3.35. The third-order valence-corrected chi connectivity index (χ3v) is 0.830. The van der Waals surface area contributed by atoms with Gasteiger partial charge in [-0.2, -0.15) is 0 Å². The van der Waals surface area contributed by atoms with Crippen LogP contribution in [-0.4, -0.2) is 9.97 Å². The molecule has 0 aromatic carbocycles. The number of hydrogen-bond acceptors (Lipinski definition) is 4. The van der Waals surface area contributed by atoms with Gasteiger partial charge in [-0.05, 0) is 6.07 Å². The Kier molecular flexibility index (Phi) is 4.76. The van der Waals surface area contributed by atoms with Crippen molar-refractivity contribution in [1.29, 1.82) is 0 Å². The van der Waals surface area contributed by atoms with Crippen molar-refractivity contribution < 1.29 is 0 Å². The number of hydrogen-bond donors (Lipinski definition) is 3. The molecular weight excluding hydrogens is 144 g/mol. The summed E-state index contributed by atoms with van der Waals surface area (Å²) in [4.78, 5) is 16.1. The van der Waals surface area contributed by atoms with Gasteiger partial charge in [-0.3, -0.25) is 4.98 Å². The third kappa shape index (κ3) is 3.36. The zero-order chi connectivity index (χ0) is 8.69. The van der Waals surface area contributed by atoms with Crippen LogP contribution < -0.4 is 17.0 Å². The predicted molar refractivity (Wildman–Crippen MR) is 44.0 cm³/mol. The first-order valence-corrected chi connectivity index (χ1v) is 3.35. The van der Waals surface area contributed by atoms with Crippen molar-refractivity contribution in [3.8, 4) is 0 Å². The Morgan fingerprint density at radius 2 is 2.27 bits per heavy atom. The molecule has 0 radical (unpaired) electrons. The molecule has 1 aromatic rings. The topological polar surface area (TPSA) is 83.8 Å². The van der Waals surface area contributed by atoms with E-state index in [1.54, 1.807) is 6.07 Å². The van der Waals surface area contributed by atoms with E-state index in [1.807, 2.05) is 13.8 Å². The van der Waals surface area contributed by atoms with E-state index in [2.05, 4.69) is 15.4 Å². The number of nitrogens with two attached hydrogens (primary N) is 1. The van der Waals surface area contributed by atoms with Gasteiger partial charge in [-0.15, -0.1) is 0 Å². The number of H-pyrrole nitrogens is 1. The van der Waals surface area contributed by atoms with E-state index in [0.29, 0.717) is 5.82 Å². The Morgan fingerprint density at radius 3 is 2.64 bits per heavy atom. The molecule has 0 aliphatic rings. The molecule has 1 rings (SSSR count). The summed E-state index contributed by atoms with van der Waals surface area (Å²) >= 11 is 0. The van der Waals surface area contributed by atoms with Crippen LogP contribution >= 0.6 is 0 Å². The number of nitrogens with one attached hydrogen (secondary N) is 2. The van der Waals surface area contributed by atoms with Gasteiger partial charge in [0, 0.05) is 6.20 Å². The van der Waals surface area contributed by atoms with Crippen LogP contribution in [0.15, 0.2) is 17.1 Å². The highest BCUT2D eigenvalue weighted by Gasteiger charge is 1.85. The average molecular weight is 156 g/mol. The van der Waals surface area contributed by atoms with Crippen LogP contribution in [0.1, 0.15) is 13.8 Å². The summed E-state index contributed by atoms with van der Waals surface area (Å²) in [6.45, 7) is 4.00. The minimum absolute atomic E-state index is 0.412. The zero-order valence-corrected chi connectivity index (χ0v) is 6.59. The van der Waals surface area contributed by atoms with Crippen LogP contribution in [0.25, 0.3) is 0 Å². The Balaban J connectivity index is 0.000000461. The number of nitrogens with zero attached hydrogens (tertiary/aromatic N) is 1. The van der Waals surface area contributed by atoms with Gasteiger partial charge in [-0.25, -0.2) is 15.6 Å². The van der Waals surface area contributed by atoms with E-state index in [9.17, 15) is 4.79 Å². The Hall–Kier alpha value is -1.36. The fraction of sp³-hybridized carbons (Fsp3) is 0.333. The van der Waals surface area contributed by atoms with Gasteiger partial charge >= 0.3 is 5.69 Å². The molecule has 1 aromatic heterocycles. The molecule has 1 heterocycles. The second kappa shape index (κ2) is 5.43. The molecule has 0 bridgehead atoms. The first kappa shape index (κ1) is 9.64. The molecule has 4 N–H and O–H groups in total. The standard InChI is InChI=1S/C4H6N4O.C2H6/c5-8-3-1-2-6-4(9)7-3;1-2/h1-2H,5H2,(H2,6,7,8,9);1-2H3. The molecule has 0 unspecified atom stereocenters. The Morgan fingerprint density at radius 1 is 1.64 bits per heavy atom. The van der Waals surface area contributed by atoms with Gasteiger partial charge in [0.2, 0.25) is 0 Å². The maximum Gasteiger partial charge on any atom is 0.346 e. The summed E-state index contributed by atoms with van der Waals surface area (Å²) in [5.74, 6) is 5.42. The van der Waals surface area contributed by atoms with Gasteiger partial charge < -0.3 is 5.43 Å². The normalized spacial score (nSPS) is 7.91. The number of aromatic amines is 1. The second-order valence-corrected chi connectivity index (χ2v) is 1.43. The minimum atomic E-state index is -0.412. The average Bonchev–Trinajstić information content (AvgIpc) is 2.08. The predicted octanol–water partition coefficient (Wildman–Crippen LogP) is 0.0817. The summed E-state index contributed by atoms with van der Waals surface area (Å²) in [6.07, 6.45) is 1.37. The number of anilines is 1. The zero-order valence-electron chi connectivity index (χ0n) is 6.59. The molecule has 0 aliphatic heterocycles. The number of rotatable bonds is 1. The molecule has 62 valence electrons. The Labute approximate surface area is 64.6 Å². The quantitative estimate of drug-likeness (QED) is 0.397.